The SMILES string of the molecule is [C-]#[N+]c1ccc(N[C@@H](C(=O)NNC(=O)c2ccc(C#N)cc2)[C@H](C)O[Si](C)(C)C(C)(C)C)c2ccsc12.[C-]#[N+]c1ccc(N[C@@H](c2nnc(-c3ccc(C#N)cc3)o2)[C@H](C)O[Si](C)(C)C(C)(C)C)c2ccsc12. The summed E-state index contributed by atoms with van der Waals surface area (Å²) in [7, 11) is -4.33. The molecule has 19 heteroatoms. The highest BCUT2D eigenvalue weighted by Gasteiger charge is 2.42. The molecular formula is C54H60N10O5S2Si2. The summed E-state index contributed by atoms with van der Waals surface area (Å²) < 4.78 is 21.2. The van der Waals surface area contributed by atoms with Crippen LogP contribution < -0.4 is 21.5 Å². The molecule has 3 aromatic heterocycles. The van der Waals surface area contributed by atoms with Gasteiger partial charge in [0, 0.05) is 42.7 Å². The van der Waals surface area contributed by atoms with Crippen LogP contribution in [0.2, 0.25) is 36.3 Å². The zero-order chi connectivity index (χ0) is 53.5. The van der Waals surface area contributed by atoms with Crippen molar-refractivity contribution in [2.45, 2.75) is 116 Å². The normalized spacial score (nSPS) is 13.4. The number of thiophene rings is 2. The summed E-state index contributed by atoms with van der Waals surface area (Å²) in [5, 5.41) is 39.3. The predicted octanol–water partition coefficient (Wildman–Crippen LogP) is 13.9. The third kappa shape index (κ3) is 12.9. The number of hydrazine groups is 1. The molecule has 4 aromatic carbocycles. The highest BCUT2D eigenvalue weighted by molar-refractivity contribution is 7.18. The van der Waals surface area contributed by atoms with E-state index in [0.717, 1.165) is 31.4 Å². The summed E-state index contributed by atoms with van der Waals surface area (Å²) in [5.41, 5.74) is 9.80. The van der Waals surface area contributed by atoms with Gasteiger partial charge >= 0.3 is 0 Å². The average Bonchev–Trinajstić information content (AvgIpc) is 4.16. The Morgan fingerprint density at radius 1 is 0.671 bits per heavy atom. The fourth-order valence-electron chi connectivity index (χ4n) is 7.18. The molecule has 4 atom stereocenters. The molecule has 3 heterocycles. The average molecular weight is 1050 g/mol. The topological polar surface area (TPSA) is 196 Å². The Bertz CT molecular complexity index is 3270. The number of nitrogens with one attached hydrogen (secondary N) is 4. The van der Waals surface area contributed by atoms with Gasteiger partial charge in [0.15, 0.2) is 16.6 Å². The Morgan fingerprint density at radius 2 is 1.15 bits per heavy atom. The molecule has 15 nitrogen and oxygen atoms in total. The number of nitriles is 2. The first-order valence-corrected chi connectivity index (χ1v) is 31.1. The molecule has 0 bridgehead atoms. The van der Waals surface area contributed by atoms with E-state index in [1.807, 2.05) is 54.9 Å². The number of hydrogen-bond donors (Lipinski definition) is 4. The van der Waals surface area contributed by atoms with E-state index in [9.17, 15) is 9.59 Å². The number of hydrogen-bond acceptors (Lipinski definition) is 13. The van der Waals surface area contributed by atoms with Crippen LogP contribution in [0.15, 0.2) is 100 Å². The van der Waals surface area contributed by atoms with E-state index in [1.165, 1.54) is 35.6 Å². The van der Waals surface area contributed by atoms with Gasteiger partial charge < -0.3 is 23.9 Å². The highest BCUT2D eigenvalue weighted by Crippen LogP contribution is 2.43. The zero-order valence-corrected chi connectivity index (χ0v) is 46.7. The summed E-state index contributed by atoms with van der Waals surface area (Å²) in [5.74, 6) is -0.176. The molecule has 0 aliphatic heterocycles. The van der Waals surface area contributed by atoms with E-state index < -0.39 is 46.6 Å². The monoisotopic (exact) mass is 1050 g/mol. The number of fused-ring (bicyclic) bond motifs is 2. The van der Waals surface area contributed by atoms with Crippen molar-refractivity contribution in [3.63, 3.8) is 0 Å². The van der Waals surface area contributed by atoms with E-state index >= 15 is 0 Å². The molecular weight excluding hydrogens is 989 g/mol. The van der Waals surface area contributed by atoms with Crippen LogP contribution in [0.3, 0.4) is 0 Å². The van der Waals surface area contributed by atoms with Gasteiger partial charge in [0.2, 0.25) is 23.2 Å². The van der Waals surface area contributed by atoms with Crippen molar-refractivity contribution in [2.24, 2.45) is 0 Å². The van der Waals surface area contributed by atoms with E-state index in [1.54, 1.807) is 47.7 Å². The molecule has 2 amide bonds. The number of carbonyl (C=O) groups excluding carboxylic acids is 2. The minimum Gasteiger partial charge on any atom is -0.418 e. The lowest BCUT2D eigenvalue weighted by molar-refractivity contribution is -0.124. The second-order valence-electron chi connectivity index (χ2n) is 20.5. The van der Waals surface area contributed by atoms with Crippen LogP contribution in [0.5, 0.6) is 0 Å². The van der Waals surface area contributed by atoms with Crippen molar-refractivity contribution in [1.82, 2.24) is 21.0 Å². The molecule has 73 heavy (non-hydrogen) atoms. The number of rotatable bonds is 14. The van der Waals surface area contributed by atoms with Crippen LogP contribution in [0, 0.1) is 35.8 Å². The molecule has 376 valence electrons. The quantitative estimate of drug-likeness (QED) is 0.0460. The van der Waals surface area contributed by atoms with Gasteiger partial charge in [-0.2, -0.15) is 33.2 Å². The molecule has 0 aliphatic rings. The number of amides is 2. The van der Waals surface area contributed by atoms with Gasteiger partial charge in [-0.1, -0.05) is 53.7 Å². The first-order valence-electron chi connectivity index (χ1n) is 23.5. The smallest absolute Gasteiger partial charge is 0.269 e. The molecule has 0 saturated heterocycles. The molecule has 7 aromatic rings. The Kier molecular flexibility index (Phi) is 17.1. The van der Waals surface area contributed by atoms with E-state index in [-0.39, 0.29) is 16.2 Å². The maximum Gasteiger partial charge on any atom is 0.269 e. The number of anilines is 2. The van der Waals surface area contributed by atoms with Gasteiger partial charge in [-0.25, -0.2) is 9.69 Å². The van der Waals surface area contributed by atoms with Crippen LogP contribution in [0.1, 0.15) is 88.8 Å². The fourth-order valence-corrected chi connectivity index (χ4v) is 11.8. The van der Waals surface area contributed by atoms with Crippen LogP contribution in [-0.4, -0.2) is 56.9 Å². The Labute approximate surface area is 437 Å². The largest absolute Gasteiger partial charge is 0.418 e. The first kappa shape index (κ1) is 55.1. The fraction of sp³-hybridized carbons (Fsp3) is 0.333. The van der Waals surface area contributed by atoms with Gasteiger partial charge in [0.1, 0.15) is 12.1 Å². The second-order valence-corrected chi connectivity index (χ2v) is 31.8. The number of carbonyl (C=O) groups is 2. The maximum absolute atomic E-state index is 13.4. The number of benzene rings is 4. The highest BCUT2D eigenvalue weighted by atomic mass is 32.1. The summed E-state index contributed by atoms with van der Waals surface area (Å²) in [6.07, 6.45) is -0.795. The minimum atomic E-state index is -2.23. The lowest BCUT2D eigenvalue weighted by Crippen LogP contribution is -2.55. The predicted molar refractivity (Wildman–Crippen MR) is 297 cm³/mol. The van der Waals surface area contributed by atoms with Crippen LogP contribution in [-0.2, 0) is 13.6 Å². The third-order valence-electron chi connectivity index (χ3n) is 13.4. The molecule has 0 fully saturated rings. The van der Waals surface area contributed by atoms with Gasteiger partial charge in [0.25, 0.3) is 11.8 Å². The van der Waals surface area contributed by atoms with Crippen molar-refractivity contribution in [1.29, 1.82) is 10.5 Å². The van der Waals surface area contributed by atoms with Crippen LogP contribution >= 0.6 is 22.7 Å². The minimum absolute atomic E-state index is 0.0339. The van der Waals surface area contributed by atoms with E-state index in [2.05, 4.69) is 115 Å². The molecule has 0 saturated carbocycles. The molecule has 0 unspecified atom stereocenters. The number of aromatic nitrogens is 2. The van der Waals surface area contributed by atoms with Crippen molar-refractivity contribution in [3.8, 4) is 23.6 Å². The van der Waals surface area contributed by atoms with Crippen molar-refractivity contribution < 1.29 is 22.9 Å². The first-order chi connectivity index (χ1) is 34.4. The lowest BCUT2D eigenvalue weighted by atomic mass is 10.1. The zero-order valence-electron chi connectivity index (χ0n) is 43.1. The summed E-state index contributed by atoms with van der Waals surface area (Å²) >= 11 is 3.02. The van der Waals surface area contributed by atoms with Gasteiger partial charge in [0.05, 0.1) is 48.6 Å². The van der Waals surface area contributed by atoms with Crippen LogP contribution in [0.4, 0.5) is 22.7 Å². The van der Waals surface area contributed by atoms with E-state index in [0.29, 0.717) is 45.5 Å². The van der Waals surface area contributed by atoms with E-state index in [4.69, 9.17) is 36.9 Å². The number of nitrogens with zero attached hydrogens (tertiary/aromatic N) is 6. The van der Waals surface area contributed by atoms with Crippen LogP contribution in [0.25, 0.3) is 41.3 Å². The Morgan fingerprint density at radius 3 is 1.63 bits per heavy atom. The second kappa shape index (κ2) is 22.7. The third-order valence-corrected chi connectivity index (χ3v) is 24.4. The maximum atomic E-state index is 13.4. The molecule has 4 N–H and O–H groups in total. The molecule has 0 spiro atoms. The van der Waals surface area contributed by atoms with Gasteiger partial charge in [-0.05, 0) is 134 Å². The standard InChI is InChI=1S/C27H31N5O3SSi.C27H29N5O2SSi/c1-17(35-37(6,7)27(2,3)4)23(30-21-12-13-22(29-5)24-20(21)14-15-36-24)26(34)32-31-25(33)19-10-8-18(16-28)9-11-19;1-17(34-36(6,7)27(2,3)4)23(30-21-12-13-22(29-5)24-20(21)14-15-35-24)26-32-31-25(33-26)19-10-8-18(16-28)9-11-19/h8-15,17,23,30H,1-4,6-7H3,(H,31,33)(H,32,34);8-15,17,23,30H,1-4,6-7H3/t2*17-,23+/m00/s1. The summed E-state index contributed by atoms with van der Waals surface area (Å²) in [6, 6.07) is 27.2. The molecule has 7 rings (SSSR count). The summed E-state index contributed by atoms with van der Waals surface area (Å²) in [6.45, 7) is 40.5. The molecule has 0 aliphatic carbocycles. The lowest BCUT2D eigenvalue weighted by Gasteiger charge is -2.40. The summed E-state index contributed by atoms with van der Waals surface area (Å²) in [4.78, 5) is 33.3. The van der Waals surface area contributed by atoms with Gasteiger partial charge in [-0.15, -0.1) is 10.2 Å². The van der Waals surface area contributed by atoms with Crippen molar-refractivity contribution >= 4 is 94.0 Å². The molecule has 0 radical (unpaired) electrons. The Hall–Kier alpha value is -7.21. The van der Waals surface area contributed by atoms with Crippen molar-refractivity contribution in [3.05, 3.63) is 141 Å². The van der Waals surface area contributed by atoms with Crippen molar-refractivity contribution in [2.75, 3.05) is 10.6 Å². The van der Waals surface area contributed by atoms with Gasteiger partial charge in [-0.3, -0.25) is 20.4 Å². The Balaban J connectivity index is 0.000000238.